The van der Waals surface area contributed by atoms with Gasteiger partial charge in [-0.25, -0.2) is 4.79 Å². The quantitative estimate of drug-likeness (QED) is 0.237. The predicted octanol–water partition coefficient (Wildman–Crippen LogP) is 5.15. The van der Waals surface area contributed by atoms with Crippen LogP contribution >= 0.6 is 0 Å². The second kappa shape index (κ2) is 10.5. The van der Waals surface area contributed by atoms with Crippen molar-refractivity contribution >= 4 is 17.5 Å². The molecule has 0 aliphatic carbocycles. The van der Waals surface area contributed by atoms with Crippen LogP contribution in [0.3, 0.4) is 0 Å². The highest BCUT2D eigenvalue weighted by molar-refractivity contribution is 6.33. The first-order chi connectivity index (χ1) is 13.8. The molecule has 0 atom stereocenters. The van der Waals surface area contributed by atoms with Crippen LogP contribution in [0.1, 0.15) is 53.6 Å². The van der Waals surface area contributed by atoms with Gasteiger partial charge in [0.25, 0.3) is 0 Å². The van der Waals surface area contributed by atoms with E-state index in [2.05, 4.69) is 0 Å². The molecule has 0 radical (unpaired) electrons. The normalized spacial score (nSPS) is 11.1. The van der Waals surface area contributed by atoms with E-state index in [1.807, 2.05) is 6.07 Å². The van der Waals surface area contributed by atoms with Crippen molar-refractivity contribution in [1.29, 1.82) is 0 Å². The zero-order chi connectivity index (χ0) is 21.3. The second-order valence-electron chi connectivity index (χ2n) is 6.54. The van der Waals surface area contributed by atoms with Crippen LogP contribution in [0.4, 0.5) is 13.2 Å². The number of halogens is 3. The summed E-state index contributed by atoms with van der Waals surface area (Å²) < 4.78 is 42.5. The molecule has 154 valence electrons. The van der Waals surface area contributed by atoms with Crippen molar-refractivity contribution in [2.24, 2.45) is 0 Å². The summed E-state index contributed by atoms with van der Waals surface area (Å²) in [6, 6.07) is 13.1. The molecule has 0 heterocycles. The number of carbonyl (C=O) groups is 3. The van der Waals surface area contributed by atoms with Gasteiger partial charge in [-0.15, -0.1) is 0 Å². The third-order valence-corrected chi connectivity index (χ3v) is 4.28. The van der Waals surface area contributed by atoms with Gasteiger partial charge >= 0.3 is 12.1 Å². The average molecular weight is 406 g/mol. The van der Waals surface area contributed by atoms with Crippen LogP contribution in [0, 0.1) is 0 Å². The monoisotopic (exact) mass is 406 g/mol. The molecule has 0 amide bonds. The van der Waals surface area contributed by atoms with Crippen LogP contribution in [0.25, 0.3) is 0 Å². The van der Waals surface area contributed by atoms with Crippen molar-refractivity contribution < 1.29 is 32.3 Å². The first-order valence-corrected chi connectivity index (χ1v) is 9.21. The van der Waals surface area contributed by atoms with Gasteiger partial charge in [0.2, 0.25) is 5.78 Å². The standard InChI is InChI=1S/C22H21F3O4/c23-22(24,25)18-13-11-17(12-14-18)19(26)9-5-2-6-10-20(27)21(28)29-15-16-7-3-1-4-8-16/h1,3-4,7-8,11-14H,2,5-6,9-10,15H2. The molecule has 0 unspecified atom stereocenters. The van der Waals surface area contributed by atoms with Crippen LogP contribution < -0.4 is 0 Å². The van der Waals surface area contributed by atoms with Crippen molar-refractivity contribution in [2.45, 2.75) is 44.9 Å². The zero-order valence-corrected chi connectivity index (χ0v) is 15.7. The molecular weight excluding hydrogens is 385 g/mol. The Morgan fingerprint density at radius 2 is 1.41 bits per heavy atom. The van der Waals surface area contributed by atoms with Crippen LogP contribution in [0.5, 0.6) is 0 Å². The number of hydrogen-bond donors (Lipinski definition) is 0. The number of hydrogen-bond acceptors (Lipinski definition) is 4. The van der Waals surface area contributed by atoms with Gasteiger partial charge in [-0.3, -0.25) is 9.59 Å². The number of esters is 1. The first-order valence-electron chi connectivity index (χ1n) is 9.21. The topological polar surface area (TPSA) is 60.4 Å². The SMILES string of the molecule is O=C(CCCCCC(=O)c1ccc(C(F)(F)F)cc1)C(=O)OCc1ccccc1. The molecule has 2 aromatic carbocycles. The van der Waals surface area contributed by atoms with Crippen LogP contribution in [-0.4, -0.2) is 17.5 Å². The van der Waals surface area contributed by atoms with E-state index in [1.165, 1.54) is 0 Å². The Balaban J connectivity index is 1.64. The van der Waals surface area contributed by atoms with Crippen LogP contribution in [0.2, 0.25) is 0 Å². The lowest BCUT2D eigenvalue weighted by Gasteiger charge is -2.07. The summed E-state index contributed by atoms with van der Waals surface area (Å²) in [5.41, 5.74) is 0.209. The number of unbranched alkanes of at least 4 members (excludes halogenated alkanes) is 2. The van der Waals surface area contributed by atoms with E-state index in [4.69, 9.17) is 4.74 Å². The number of ketones is 2. The van der Waals surface area contributed by atoms with Gasteiger partial charge in [0.15, 0.2) is 5.78 Å². The Bertz CT molecular complexity index is 827. The number of Topliss-reactive ketones (excluding diaryl/α,β-unsaturated/α-hetero) is 2. The van der Waals surface area contributed by atoms with E-state index in [0.717, 1.165) is 29.8 Å². The van der Waals surface area contributed by atoms with Crippen LogP contribution in [-0.2, 0) is 27.1 Å². The van der Waals surface area contributed by atoms with E-state index in [0.29, 0.717) is 19.3 Å². The average Bonchev–Trinajstić information content (AvgIpc) is 2.71. The molecule has 29 heavy (non-hydrogen) atoms. The van der Waals surface area contributed by atoms with Gasteiger partial charge in [0.05, 0.1) is 5.56 Å². The van der Waals surface area contributed by atoms with Crippen molar-refractivity contribution in [3.63, 3.8) is 0 Å². The minimum absolute atomic E-state index is 0.0299. The third-order valence-electron chi connectivity index (χ3n) is 4.28. The third kappa shape index (κ3) is 7.52. The fraction of sp³-hybridized carbons (Fsp3) is 0.318. The maximum Gasteiger partial charge on any atom is 0.416 e. The molecule has 0 fully saturated rings. The Labute approximate surface area is 166 Å². The fourth-order valence-electron chi connectivity index (χ4n) is 2.64. The maximum atomic E-state index is 12.5. The molecule has 0 N–H and O–H groups in total. The van der Waals surface area contributed by atoms with Gasteiger partial charge in [-0.1, -0.05) is 48.9 Å². The number of alkyl halides is 3. The lowest BCUT2D eigenvalue weighted by molar-refractivity contribution is -0.154. The number of rotatable bonds is 10. The lowest BCUT2D eigenvalue weighted by atomic mass is 10.0. The molecule has 0 aliphatic heterocycles. The fourth-order valence-corrected chi connectivity index (χ4v) is 2.64. The number of ether oxygens (including phenoxy) is 1. The molecule has 2 rings (SSSR count). The van der Waals surface area contributed by atoms with Crippen LogP contribution in [0.15, 0.2) is 54.6 Å². The summed E-state index contributed by atoms with van der Waals surface area (Å²) in [6.45, 7) is 0.0348. The molecule has 2 aromatic rings. The van der Waals surface area contributed by atoms with Gasteiger partial charge in [0, 0.05) is 18.4 Å². The minimum Gasteiger partial charge on any atom is -0.455 e. The summed E-state index contributed by atoms with van der Waals surface area (Å²) in [5, 5.41) is 0. The molecule has 0 saturated carbocycles. The predicted molar refractivity (Wildman–Crippen MR) is 100 cm³/mol. The van der Waals surface area contributed by atoms with Gasteiger partial charge < -0.3 is 4.74 Å². The Morgan fingerprint density at radius 1 is 0.793 bits per heavy atom. The molecule has 0 aromatic heterocycles. The summed E-state index contributed by atoms with van der Waals surface area (Å²) in [5.74, 6) is -1.75. The highest BCUT2D eigenvalue weighted by atomic mass is 19.4. The van der Waals surface area contributed by atoms with E-state index < -0.39 is 23.5 Å². The van der Waals surface area contributed by atoms with Crippen molar-refractivity contribution in [1.82, 2.24) is 0 Å². The Morgan fingerprint density at radius 3 is 2.03 bits per heavy atom. The van der Waals surface area contributed by atoms with Gasteiger partial charge in [-0.05, 0) is 30.5 Å². The first kappa shape index (κ1) is 22.3. The molecule has 0 saturated heterocycles. The minimum atomic E-state index is -4.43. The molecule has 0 bridgehead atoms. The Hall–Kier alpha value is -2.96. The number of carbonyl (C=O) groups excluding carboxylic acids is 3. The molecule has 7 heteroatoms. The van der Waals surface area contributed by atoms with Crippen molar-refractivity contribution in [2.75, 3.05) is 0 Å². The second-order valence-corrected chi connectivity index (χ2v) is 6.54. The lowest BCUT2D eigenvalue weighted by Crippen LogP contribution is -2.17. The van der Waals surface area contributed by atoms with Gasteiger partial charge in [0.1, 0.15) is 6.61 Å². The Kier molecular flexibility index (Phi) is 8.12. The van der Waals surface area contributed by atoms with Crippen molar-refractivity contribution in [3.05, 3.63) is 71.3 Å². The summed E-state index contributed by atoms with van der Waals surface area (Å²) in [7, 11) is 0. The summed E-state index contributed by atoms with van der Waals surface area (Å²) in [4.78, 5) is 35.4. The van der Waals surface area contributed by atoms with E-state index >= 15 is 0 Å². The van der Waals surface area contributed by atoms with E-state index in [9.17, 15) is 27.6 Å². The summed E-state index contributed by atoms with van der Waals surface area (Å²) >= 11 is 0. The zero-order valence-electron chi connectivity index (χ0n) is 15.7. The maximum absolute atomic E-state index is 12.5. The molecule has 0 spiro atoms. The number of benzene rings is 2. The van der Waals surface area contributed by atoms with E-state index in [-0.39, 0.29) is 30.8 Å². The van der Waals surface area contributed by atoms with Crippen molar-refractivity contribution in [3.8, 4) is 0 Å². The molecular formula is C22H21F3O4. The summed E-state index contributed by atoms with van der Waals surface area (Å²) in [6.07, 6.45) is -2.79. The molecule has 0 aliphatic rings. The smallest absolute Gasteiger partial charge is 0.416 e. The molecule has 4 nitrogen and oxygen atoms in total. The largest absolute Gasteiger partial charge is 0.455 e. The van der Waals surface area contributed by atoms with E-state index in [1.54, 1.807) is 24.3 Å². The van der Waals surface area contributed by atoms with Gasteiger partial charge in [-0.2, -0.15) is 13.2 Å². The highest BCUT2D eigenvalue weighted by Gasteiger charge is 2.30. The highest BCUT2D eigenvalue weighted by Crippen LogP contribution is 2.29.